The predicted molar refractivity (Wildman–Crippen MR) is 216 cm³/mol. The van der Waals surface area contributed by atoms with Crippen molar-refractivity contribution in [2.75, 3.05) is 82.2 Å². The molecule has 6 aromatic rings. The number of aromatic nitrogens is 6. The summed E-state index contributed by atoms with van der Waals surface area (Å²) in [5.74, 6) is 3.16. The fraction of sp³-hybridized carbons (Fsp3) is 0.351. The fourth-order valence-corrected chi connectivity index (χ4v) is 7.81. The zero-order chi connectivity index (χ0) is 40.1. The average molecular weight is 817 g/mol. The average Bonchev–Trinajstić information content (AvgIpc) is 4.08. The van der Waals surface area contributed by atoms with E-state index >= 15 is 0 Å². The number of nitrogens with one attached hydrogen (secondary N) is 2. The highest BCUT2D eigenvalue weighted by atomic mass is 32.1. The Morgan fingerprint density at radius 3 is 1.54 bits per heavy atom. The summed E-state index contributed by atoms with van der Waals surface area (Å²) >= 11 is 2.86. The van der Waals surface area contributed by atoms with E-state index in [-0.39, 0.29) is 11.9 Å². The normalized spacial score (nSPS) is 16.2. The molecule has 0 radical (unpaired) electrons. The van der Waals surface area contributed by atoms with E-state index in [1.54, 1.807) is 45.5 Å². The van der Waals surface area contributed by atoms with Gasteiger partial charge in [-0.1, -0.05) is 0 Å². The Balaban J connectivity index is 0.000000174. The van der Waals surface area contributed by atoms with Crippen LogP contribution in [0.25, 0.3) is 20.7 Å². The van der Waals surface area contributed by atoms with Crippen molar-refractivity contribution >= 4 is 90.2 Å². The molecule has 2 fully saturated rings. The van der Waals surface area contributed by atoms with Gasteiger partial charge >= 0.3 is 11.9 Å². The Morgan fingerprint density at radius 1 is 0.667 bits per heavy atom. The molecule has 298 valence electrons. The summed E-state index contributed by atoms with van der Waals surface area (Å²) in [6.45, 7) is 2.24. The quantitative estimate of drug-likeness (QED) is 0.128. The zero-order valence-corrected chi connectivity index (χ0v) is 33.3. The van der Waals surface area contributed by atoms with Gasteiger partial charge in [0.2, 0.25) is 11.9 Å². The van der Waals surface area contributed by atoms with Gasteiger partial charge in [0.25, 0.3) is 0 Å². The van der Waals surface area contributed by atoms with E-state index in [2.05, 4.69) is 35.6 Å². The molecule has 3 N–H and O–H groups in total. The first kappa shape index (κ1) is 39.0. The van der Waals surface area contributed by atoms with Gasteiger partial charge in [-0.3, -0.25) is 9.59 Å². The lowest BCUT2D eigenvalue weighted by atomic mass is 10.1. The summed E-state index contributed by atoms with van der Waals surface area (Å²) < 4.78 is 26.2. The van der Waals surface area contributed by atoms with Crippen LogP contribution < -0.4 is 39.4 Å². The Morgan fingerprint density at radius 2 is 1.12 bits per heavy atom. The van der Waals surface area contributed by atoms with Crippen LogP contribution in [0.4, 0.5) is 34.9 Å². The minimum absolute atomic E-state index is 0.164. The highest BCUT2D eigenvalue weighted by molar-refractivity contribution is 7.16. The maximum Gasteiger partial charge on any atom is 0.310 e. The van der Waals surface area contributed by atoms with Crippen molar-refractivity contribution < 1.29 is 38.4 Å². The SMILES string of the molecule is COC(=O)C1CCN(c2nc(Nc3ccc(OC)c(OC)c3)c3ncsc3n2)C1.COc1ccc(Nc2nc(N3CCC(C(=O)O)C3)nc3scnc23)cc1OC. The number of methoxy groups -OCH3 is 5. The first-order valence-corrected chi connectivity index (χ1v) is 19.5. The number of nitrogens with zero attached hydrogens (tertiary/aromatic N) is 8. The van der Waals surface area contributed by atoms with Crippen LogP contribution in [0.3, 0.4) is 0 Å². The molecule has 0 saturated carbocycles. The first-order chi connectivity index (χ1) is 27.7. The second kappa shape index (κ2) is 17.2. The topological polar surface area (TPSA) is 208 Å². The number of rotatable bonds is 12. The van der Waals surface area contributed by atoms with Crippen molar-refractivity contribution in [1.82, 2.24) is 29.9 Å². The monoisotopic (exact) mass is 816 g/mol. The summed E-state index contributed by atoms with van der Waals surface area (Å²) in [5.41, 5.74) is 6.36. The van der Waals surface area contributed by atoms with Crippen LogP contribution >= 0.6 is 22.7 Å². The van der Waals surface area contributed by atoms with Gasteiger partial charge in [0, 0.05) is 49.7 Å². The van der Waals surface area contributed by atoms with Gasteiger partial charge in [-0.15, -0.1) is 22.7 Å². The lowest BCUT2D eigenvalue weighted by Gasteiger charge is -2.17. The van der Waals surface area contributed by atoms with Crippen molar-refractivity contribution in [3.8, 4) is 23.0 Å². The Labute approximate surface area is 334 Å². The number of hydrogen-bond donors (Lipinski definition) is 3. The van der Waals surface area contributed by atoms with E-state index in [4.69, 9.17) is 28.7 Å². The number of ether oxygens (including phenoxy) is 5. The summed E-state index contributed by atoms with van der Waals surface area (Å²) in [6, 6.07) is 11.0. The van der Waals surface area contributed by atoms with Crippen LogP contribution in [-0.4, -0.2) is 109 Å². The number of carboxylic acid groups (broad SMARTS) is 1. The largest absolute Gasteiger partial charge is 0.493 e. The molecule has 4 aromatic heterocycles. The summed E-state index contributed by atoms with van der Waals surface area (Å²) in [4.78, 5) is 55.8. The van der Waals surface area contributed by atoms with Crippen molar-refractivity contribution in [2.45, 2.75) is 12.8 Å². The van der Waals surface area contributed by atoms with Crippen molar-refractivity contribution in [3.05, 3.63) is 47.4 Å². The summed E-state index contributed by atoms with van der Waals surface area (Å²) in [7, 11) is 7.76. The lowest BCUT2D eigenvalue weighted by molar-refractivity contribution is -0.144. The second-order valence-electron chi connectivity index (χ2n) is 12.9. The molecule has 20 heteroatoms. The Bertz CT molecular complexity index is 2390. The van der Waals surface area contributed by atoms with E-state index in [9.17, 15) is 14.7 Å². The molecule has 0 amide bonds. The van der Waals surface area contributed by atoms with Gasteiger partial charge in [0.15, 0.2) is 44.3 Å². The third kappa shape index (κ3) is 8.46. The Hall–Kier alpha value is -6.28. The first-order valence-electron chi connectivity index (χ1n) is 17.7. The van der Waals surface area contributed by atoms with Gasteiger partial charge < -0.3 is 49.2 Å². The van der Waals surface area contributed by atoms with Crippen molar-refractivity contribution in [3.63, 3.8) is 0 Å². The lowest BCUT2D eigenvalue weighted by Crippen LogP contribution is -2.25. The van der Waals surface area contributed by atoms with Crippen LogP contribution in [0, 0.1) is 11.8 Å². The molecular weight excluding hydrogens is 777 g/mol. The number of anilines is 6. The van der Waals surface area contributed by atoms with Gasteiger partial charge in [-0.2, -0.15) is 19.9 Å². The van der Waals surface area contributed by atoms with Gasteiger partial charge in [-0.25, -0.2) is 9.97 Å². The number of hydrogen-bond acceptors (Lipinski definition) is 19. The number of aliphatic carboxylic acids is 1. The molecule has 2 unspecified atom stereocenters. The predicted octanol–water partition coefficient (Wildman–Crippen LogP) is 5.60. The number of esters is 1. The second-order valence-corrected chi connectivity index (χ2v) is 14.5. The zero-order valence-electron chi connectivity index (χ0n) is 31.7. The van der Waals surface area contributed by atoms with E-state index in [1.165, 1.54) is 29.8 Å². The number of fused-ring (bicyclic) bond motifs is 2. The maximum atomic E-state index is 11.9. The summed E-state index contributed by atoms with van der Waals surface area (Å²) in [6.07, 6.45) is 1.30. The number of benzene rings is 2. The molecule has 8 rings (SSSR count). The number of carboxylic acids is 1. The Kier molecular flexibility index (Phi) is 11.8. The smallest absolute Gasteiger partial charge is 0.310 e. The number of carbonyl (C=O) groups is 2. The van der Waals surface area contributed by atoms with Crippen LogP contribution in [0.5, 0.6) is 23.0 Å². The highest BCUT2D eigenvalue weighted by Crippen LogP contribution is 2.36. The third-order valence-electron chi connectivity index (χ3n) is 9.49. The molecule has 6 heterocycles. The standard InChI is InChI=1S/C19H21N5O4S.C18H19N5O4S/c1-26-13-5-4-12(8-14(13)27-2)21-16-15-17(29-10-20-15)23-19(22-16)24-7-6-11(9-24)18(25)28-3;1-26-12-4-3-11(7-13(12)27-2)20-15-14-16(28-9-19-14)22-18(21-15)23-6-5-10(8-23)17(24)25/h4-5,8,10-11H,6-7,9H2,1-3H3,(H,21,22,23);3-4,7,9-10H,5-6,8H2,1-2H3,(H,24,25)(H,20,21,22). The number of carbonyl (C=O) groups excluding carboxylic acids is 1. The minimum Gasteiger partial charge on any atom is -0.493 e. The van der Waals surface area contributed by atoms with Crippen LogP contribution in [0.15, 0.2) is 47.4 Å². The molecule has 0 bridgehead atoms. The molecule has 18 nitrogen and oxygen atoms in total. The van der Waals surface area contributed by atoms with E-state index < -0.39 is 11.9 Å². The van der Waals surface area contributed by atoms with Crippen molar-refractivity contribution in [1.29, 1.82) is 0 Å². The molecule has 2 atom stereocenters. The van der Waals surface area contributed by atoms with Crippen LogP contribution in [0.1, 0.15) is 12.8 Å². The molecule has 2 aliphatic heterocycles. The van der Waals surface area contributed by atoms with E-state index in [1.807, 2.05) is 40.1 Å². The fourth-order valence-electron chi connectivity index (χ4n) is 6.50. The van der Waals surface area contributed by atoms with Gasteiger partial charge in [-0.05, 0) is 37.1 Å². The molecule has 0 spiro atoms. The van der Waals surface area contributed by atoms with E-state index in [0.717, 1.165) is 27.5 Å². The molecule has 2 aliphatic rings. The maximum absolute atomic E-state index is 11.9. The third-order valence-corrected chi connectivity index (χ3v) is 10.9. The molecule has 2 aromatic carbocycles. The minimum atomic E-state index is -0.787. The van der Waals surface area contributed by atoms with E-state index in [0.29, 0.717) is 90.2 Å². The number of thiazole rings is 2. The molecular formula is C37H40N10O8S2. The highest BCUT2D eigenvalue weighted by Gasteiger charge is 2.32. The summed E-state index contributed by atoms with van der Waals surface area (Å²) in [5, 5.41) is 15.8. The van der Waals surface area contributed by atoms with Gasteiger partial charge in [0.1, 0.15) is 11.0 Å². The van der Waals surface area contributed by atoms with Crippen molar-refractivity contribution in [2.24, 2.45) is 11.8 Å². The molecule has 57 heavy (non-hydrogen) atoms. The van der Waals surface area contributed by atoms with Crippen LogP contribution in [-0.2, 0) is 14.3 Å². The van der Waals surface area contributed by atoms with Crippen LogP contribution in [0.2, 0.25) is 0 Å². The molecule has 0 aliphatic carbocycles. The molecule has 2 saturated heterocycles. The van der Waals surface area contributed by atoms with Gasteiger partial charge in [0.05, 0.1) is 58.4 Å².